The Balaban J connectivity index is 1.78. The van der Waals surface area contributed by atoms with E-state index in [1.165, 1.54) is 0 Å². The third-order valence-corrected chi connectivity index (χ3v) is 8.18. The first-order valence-electron chi connectivity index (χ1n) is 10.9. The smallest absolute Gasteiger partial charge is 0.203 e. The van der Waals surface area contributed by atoms with E-state index < -0.39 is 92.8 Å². The summed E-state index contributed by atoms with van der Waals surface area (Å²) in [6, 6.07) is 0. The Kier molecular flexibility index (Phi) is 5.12. The minimum atomic E-state index is -1.88. The van der Waals surface area contributed by atoms with E-state index in [0.717, 1.165) is 0 Å². The normalized spacial score (nSPS) is 29.8. The van der Waals surface area contributed by atoms with Crippen LogP contribution in [-0.2, 0) is 24.2 Å². The lowest BCUT2D eigenvalue weighted by Gasteiger charge is -2.63. The molecular weight excluding hydrogens is 472 g/mol. The van der Waals surface area contributed by atoms with Crippen LogP contribution in [0.4, 0.5) is 35.1 Å². The van der Waals surface area contributed by atoms with Gasteiger partial charge in [-0.2, -0.15) is 8.78 Å². The second-order valence-corrected chi connectivity index (χ2v) is 10.1. The van der Waals surface area contributed by atoms with Gasteiger partial charge in [0, 0.05) is 33.1 Å². The maximum atomic E-state index is 15.2. The summed E-state index contributed by atoms with van der Waals surface area (Å²) < 4.78 is 116. The van der Waals surface area contributed by atoms with Crippen LogP contribution in [0.3, 0.4) is 0 Å². The summed E-state index contributed by atoms with van der Waals surface area (Å²) in [7, 11) is 0. The van der Waals surface area contributed by atoms with Crippen molar-refractivity contribution in [3.8, 4) is 11.5 Å². The molecule has 184 valence electrons. The molecule has 4 aliphatic rings. The zero-order valence-electron chi connectivity index (χ0n) is 17.7. The summed E-state index contributed by atoms with van der Waals surface area (Å²) >= 11 is 0. The molecule has 2 nitrogen and oxygen atoms in total. The van der Waals surface area contributed by atoms with E-state index in [-0.39, 0.29) is 43.9 Å². The highest BCUT2D eigenvalue weighted by Crippen LogP contribution is 2.68. The molecule has 0 atom stereocenters. The molecule has 4 fully saturated rings. The third kappa shape index (κ3) is 2.86. The van der Waals surface area contributed by atoms with Gasteiger partial charge in [0.15, 0.2) is 34.8 Å². The molecular formula is C24H20F8O2. The third-order valence-electron chi connectivity index (χ3n) is 8.18. The maximum Gasteiger partial charge on any atom is 0.203 e. The van der Waals surface area contributed by atoms with Gasteiger partial charge in [0.2, 0.25) is 11.6 Å². The number of phenols is 2. The van der Waals surface area contributed by atoms with Crippen LogP contribution in [0.5, 0.6) is 11.5 Å². The zero-order chi connectivity index (χ0) is 24.7. The van der Waals surface area contributed by atoms with Gasteiger partial charge in [-0.25, -0.2) is 26.3 Å². The second kappa shape index (κ2) is 7.49. The van der Waals surface area contributed by atoms with E-state index in [4.69, 9.17) is 0 Å². The van der Waals surface area contributed by atoms with Crippen LogP contribution in [0, 0.1) is 46.7 Å². The fourth-order valence-corrected chi connectivity index (χ4v) is 7.59. The number of halogens is 8. The Morgan fingerprint density at radius 3 is 1.26 bits per heavy atom. The van der Waals surface area contributed by atoms with E-state index in [0.29, 0.717) is 6.42 Å². The molecule has 0 saturated heterocycles. The number of aromatic hydroxyl groups is 2. The van der Waals surface area contributed by atoms with Gasteiger partial charge in [-0.15, -0.1) is 0 Å². The number of hydrogen-bond donors (Lipinski definition) is 2. The topological polar surface area (TPSA) is 40.5 Å². The van der Waals surface area contributed by atoms with E-state index in [1.807, 2.05) is 0 Å². The highest BCUT2D eigenvalue weighted by atomic mass is 19.2. The quantitative estimate of drug-likeness (QED) is 0.370. The number of alkyl halides is 2. The highest BCUT2D eigenvalue weighted by Gasteiger charge is 2.61. The van der Waals surface area contributed by atoms with Gasteiger partial charge in [0.1, 0.15) is 13.3 Å². The molecule has 34 heavy (non-hydrogen) atoms. The number of benzene rings is 2. The minimum Gasteiger partial charge on any atom is -0.503 e. The second-order valence-electron chi connectivity index (χ2n) is 10.1. The molecule has 2 aromatic carbocycles. The van der Waals surface area contributed by atoms with Crippen molar-refractivity contribution < 1.29 is 45.3 Å². The summed E-state index contributed by atoms with van der Waals surface area (Å²) in [5, 5.41) is 19.1. The number of rotatable bonds is 4. The molecule has 0 heterocycles. The molecule has 0 unspecified atom stereocenters. The van der Waals surface area contributed by atoms with E-state index in [2.05, 4.69) is 0 Å². The van der Waals surface area contributed by atoms with Gasteiger partial charge in [0.05, 0.1) is 0 Å². The molecule has 0 radical (unpaired) electrons. The standard InChI is InChI=1S/C24H20F8O2/c25-6-11-13(17(29)19(31)21(33)15(11)27)23-2-9-1-10(4-23)5-24(3-9,8-23)14-12(7-26)16(28)22(34)20(32)18(14)30/h9-10,33-34H,1-8H2. The van der Waals surface area contributed by atoms with Crippen molar-refractivity contribution in [1.82, 2.24) is 0 Å². The van der Waals surface area contributed by atoms with Crippen molar-refractivity contribution in [2.45, 2.75) is 62.7 Å². The minimum absolute atomic E-state index is 0.161. The van der Waals surface area contributed by atoms with Crippen molar-refractivity contribution in [3.63, 3.8) is 0 Å². The molecule has 6 rings (SSSR count). The summed E-state index contributed by atoms with van der Waals surface area (Å²) in [4.78, 5) is 0. The first-order chi connectivity index (χ1) is 16.0. The lowest BCUT2D eigenvalue weighted by atomic mass is 9.41. The van der Waals surface area contributed by atoms with E-state index >= 15 is 8.78 Å². The average molecular weight is 492 g/mol. The van der Waals surface area contributed by atoms with Crippen molar-refractivity contribution in [2.24, 2.45) is 11.8 Å². The molecule has 10 heteroatoms. The Hall–Kier alpha value is -2.52. The fraction of sp³-hybridized carbons (Fsp3) is 0.500. The number of phenolic OH excluding ortho intramolecular Hbond substituents is 2. The summed E-state index contributed by atoms with van der Waals surface area (Å²) in [5.41, 5.74) is -5.78. The largest absolute Gasteiger partial charge is 0.503 e. The molecule has 2 aromatic rings. The SMILES string of the molecule is Oc1c(F)c(F)c(C23CC4CC(C2)CC(c2c(F)c(F)c(O)c(F)c2CF)(C4)C3)c(CF)c1F. The van der Waals surface area contributed by atoms with Crippen LogP contribution in [0.15, 0.2) is 0 Å². The van der Waals surface area contributed by atoms with Crippen LogP contribution < -0.4 is 0 Å². The van der Waals surface area contributed by atoms with Crippen molar-refractivity contribution in [2.75, 3.05) is 0 Å². The maximum absolute atomic E-state index is 15.2. The zero-order valence-corrected chi connectivity index (χ0v) is 17.7. The highest BCUT2D eigenvalue weighted by molar-refractivity contribution is 5.49. The van der Waals surface area contributed by atoms with Gasteiger partial charge in [-0.3, -0.25) is 0 Å². The Bertz CT molecular complexity index is 1110. The monoisotopic (exact) mass is 492 g/mol. The van der Waals surface area contributed by atoms with Gasteiger partial charge >= 0.3 is 0 Å². The molecule has 0 amide bonds. The first-order valence-corrected chi connectivity index (χ1v) is 10.9. The van der Waals surface area contributed by atoms with E-state index in [9.17, 15) is 36.6 Å². The van der Waals surface area contributed by atoms with Crippen LogP contribution in [0.1, 0.15) is 60.8 Å². The van der Waals surface area contributed by atoms with Crippen molar-refractivity contribution in [1.29, 1.82) is 0 Å². The molecule has 0 spiro atoms. The molecule has 0 aromatic heterocycles. The van der Waals surface area contributed by atoms with E-state index in [1.54, 1.807) is 0 Å². The van der Waals surface area contributed by atoms with Crippen LogP contribution >= 0.6 is 0 Å². The van der Waals surface area contributed by atoms with Gasteiger partial charge in [-0.1, -0.05) is 0 Å². The predicted octanol–water partition coefficient (Wildman–Crippen LogP) is 6.66. The van der Waals surface area contributed by atoms with Gasteiger partial charge in [-0.05, 0) is 50.4 Å². The average Bonchev–Trinajstić information content (AvgIpc) is 2.79. The first kappa shape index (κ1) is 23.2. The molecule has 4 aliphatic carbocycles. The molecule has 4 saturated carbocycles. The Morgan fingerprint density at radius 2 is 0.941 bits per heavy atom. The summed E-state index contributed by atoms with van der Waals surface area (Å²) in [6.45, 7) is -3.11. The Labute approximate surface area is 189 Å². The Morgan fingerprint density at radius 1 is 0.588 bits per heavy atom. The van der Waals surface area contributed by atoms with Crippen LogP contribution in [0.2, 0.25) is 0 Å². The molecule has 0 aliphatic heterocycles. The fourth-order valence-electron chi connectivity index (χ4n) is 7.59. The lowest BCUT2D eigenvalue weighted by molar-refractivity contribution is -0.0328. The predicted molar refractivity (Wildman–Crippen MR) is 104 cm³/mol. The molecule has 2 N–H and O–H groups in total. The van der Waals surface area contributed by atoms with Crippen LogP contribution in [-0.4, -0.2) is 10.2 Å². The van der Waals surface area contributed by atoms with Crippen LogP contribution in [0.25, 0.3) is 0 Å². The van der Waals surface area contributed by atoms with Crippen molar-refractivity contribution in [3.05, 3.63) is 57.2 Å². The summed E-state index contributed by atoms with van der Waals surface area (Å²) in [5.74, 6) is -14.2. The lowest BCUT2D eigenvalue weighted by Crippen LogP contribution is -2.57. The van der Waals surface area contributed by atoms with Gasteiger partial charge in [0.25, 0.3) is 0 Å². The van der Waals surface area contributed by atoms with Crippen molar-refractivity contribution >= 4 is 0 Å². The van der Waals surface area contributed by atoms with Gasteiger partial charge < -0.3 is 10.2 Å². The summed E-state index contributed by atoms with van der Waals surface area (Å²) in [6.07, 6.45) is 0.967. The number of hydrogen-bond acceptors (Lipinski definition) is 2. The molecule has 4 bridgehead atoms.